The lowest BCUT2D eigenvalue weighted by atomic mass is 10.0. The molecular weight excluding hydrogens is 576 g/mol. The Morgan fingerprint density at radius 1 is 0.511 bits per heavy atom. The molecule has 0 radical (unpaired) electrons. The van der Waals surface area contributed by atoms with Crippen molar-refractivity contribution >= 4 is 28.2 Å². The van der Waals surface area contributed by atoms with Crippen LogP contribution in [-0.4, -0.2) is 19.6 Å². The predicted molar refractivity (Wildman–Crippen MR) is 192 cm³/mol. The van der Waals surface area contributed by atoms with E-state index in [0.29, 0.717) is 11.4 Å². The summed E-state index contributed by atoms with van der Waals surface area (Å²) in [5, 5.41) is 11.1. The Kier molecular flexibility index (Phi) is 7.25. The third kappa shape index (κ3) is 5.20. The summed E-state index contributed by atoms with van der Waals surface area (Å²) in [6.45, 7) is 0. The number of anilines is 3. The van der Waals surface area contributed by atoms with Crippen LogP contribution in [0.5, 0.6) is 5.75 Å². The summed E-state index contributed by atoms with van der Waals surface area (Å²) in [6.07, 6.45) is 1.82. The molecule has 0 saturated carbocycles. The van der Waals surface area contributed by atoms with Crippen LogP contribution in [0.25, 0.3) is 50.4 Å². The van der Waals surface area contributed by atoms with Crippen LogP contribution < -0.4 is 4.90 Å². The number of aromatic nitrogens is 3. The van der Waals surface area contributed by atoms with Gasteiger partial charge in [-0.1, -0.05) is 109 Å². The van der Waals surface area contributed by atoms with E-state index in [4.69, 9.17) is 9.97 Å². The molecule has 0 aliphatic rings. The van der Waals surface area contributed by atoms with Crippen molar-refractivity contribution in [3.8, 4) is 45.1 Å². The van der Waals surface area contributed by atoms with E-state index < -0.39 is 0 Å². The highest BCUT2D eigenvalue weighted by molar-refractivity contribution is 5.97. The predicted octanol–water partition coefficient (Wildman–Crippen LogP) is 10.6. The lowest BCUT2D eigenvalue weighted by Gasteiger charge is -2.24. The van der Waals surface area contributed by atoms with Crippen molar-refractivity contribution in [2.24, 2.45) is 0 Å². The average Bonchev–Trinajstić information content (AvgIpc) is 3.53. The molecule has 6 aromatic carbocycles. The Bertz CT molecular complexity index is 2280. The summed E-state index contributed by atoms with van der Waals surface area (Å²) >= 11 is 0. The number of pyridine rings is 1. The van der Waals surface area contributed by atoms with Crippen LogP contribution in [0.1, 0.15) is 0 Å². The number of para-hydroxylation sites is 4. The first-order valence-electron chi connectivity index (χ1n) is 15.6. The van der Waals surface area contributed by atoms with Gasteiger partial charge in [0.25, 0.3) is 0 Å². The molecule has 8 rings (SSSR count). The Balaban J connectivity index is 1.36. The number of fused-ring (bicyclic) bond motifs is 1. The summed E-state index contributed by atoms with van der Waals surface area (Å²) < 4.78 is 2.17. The van der Waals surface area contributed by atoms with Gasteiger partial charge >= 0.3 is 0 Å². The second-order valence-corrected chi connectivity index (χ2v) is 11.3. The maximum absolute atomic E-state index is 11.1. The Morgan fingerprint density at radius 3 is 1.94 bits per heavy atom. The normalized spacial score (nSPS) is 11.1. The van der Waals surface area contributed by atoms with Crippen LogP contribution in [0, 0.1) is 0 Å². The highest BCUT2D eigenvalue weighted by Crippen LogP contribution is 2.41. The lowest BCUT2D eigenvalue weighted by Crippen LogP contribution is -2.11. The Morgan fingerprint density at radius 2 is 1.15 bits per heavy atom. The first-order valence-corrected chi connectivity index (χ1v) is 15.6. The molecule has 0 aliphatic carbocycles. The number of aromatic hydroxyl groups is 1. The number of nitrogens with zero attached hydrogens (tertiary/aromatic N) is 4. The highest BCUT2D eigenvalue weighted by Gasteiger charge is 2.22. The van der Waals surface area contributed by atoms with Crippen molar-refractivity contribution < 1.29 is 5.11 Å². The molecular formula is C42H30N4O. The number of imidazole rings is 1. The van der Waals surface area contributed by atoms with E-state index in [1.54, 1.807) is 6.07 Å². The summed E-state index contributed by atoms with van der Waals surface area (Å²) in [4.78, 5) is 12.2. The van der Waals surface area contributed by atoms with Gasteiger partial charge in [0.15, 0.2) is 0 Å². The van der Waals surface area contributed by atoms with Gasteiger partial charge in [-0.3, -0.25) is 9.47 Å². The molecule has 0 aliphatic heterocycles. The summed E-state index contributed by atoms with van der Waals surface area (Å²) in [7, 11) is 0. The van der Waals surface area contributed by atoms with Crippen molar-refractivity contribution in [2.45, 2.75) is 0 Å². The molecule has 1 N–H and O–H groups in total. The van der Waals surface area contributed by atoms with E-state index in [0.717, 1.165) is 56.2 Å². The van der Waals surface area contributed by atoms with E-state index in [1.165, 1.54) is 0 Å². The minimum absolute atomic E-state index is 0.179. The van der Waals surface area contributed by atoms with Crippen molar-refractivity contribution in [1.82, 2.24) is 14.5 Å². The Labute approximate surface area is 273 Å². The van der Waals surface area contributed by atoms with Gasteiger partial charge in [0.05, 0.1) is 22.3 Å². The molecule has 0 saturated heterocycles. The van der Waals surface area contributed by atoms with Crippen molar-refractivity contribution in [3.63, 3.8) is 0 Å². The van der Waals surface area contributed by atoms with Gasteiger partial charge in [-0.05, 0) is 71.8 Å². The first-order chi connectivity index (χ1) is 23.3. The summed E-state index contributed by atoms with van der Waals surface area (Å²) in [5.74, 6) is 1.68. The van der Waals surface area contributed by atoms with Gasteiger partial charge in [0.2, 0.25) is 0 Å². The van der Waals surface area contributed by atoms with E-state index in [9.17, 15) is 5.11 Å². The largest absolute Gasteiger partial charge is 0.507 e. The zero-order valence-electron chi connectivity index (χ0n) is 25.5. The topological polar surface area (TPSA) is 54.2 Å². The lowest BCUT2D eigenvalue weighted by molar-refractivity contribution is 0.477. The van der Waals surface area contributed by atoms with Crippen molar-refractivity contribution in [3.05, 3.63) is 176 Å². The van der Waals surface area contributed by atoms with Crippen molar-refractivity contribution in [2.75, 3.05) is 4.90 Å². The monoisotopic (exact) mass is 606 g/mol. The molecule has 0 spiro atoms. The molecule has 0 amide bonds. The van der Waals surface area contributed by atoms with E-state index in [-0.39, 0.29) is 5.75 Å². The van der Waals surface area contributed by atoms with Crippen LogP contribution in [0.2, 0.25) is 0 Å². The quantitative estimate of drug-likeness (QED) is 0.196. The summed E-state index contributed by atoms with van der Waals surface area (Å²) in [5.41, 5.74) is 9.63. The SMILES string of the molecule is Oc1ccccc1-c1nc2c(-c3cccc(N(c4ccccc4)c4ccccn4)c3)cccc2n1-c1ccccc1-c1ccccc1. The van der Waals surface area contributed by atoms with Crippen LogP contribution in [0.15, 0.2) is 176 Å². The maximum Gasteiger partial charge on any atom is 0.149 e. The first kappa shape index (κ1) is 28.0. The van der Waals surface area contributed by atoms with Crippen LogP contribution in [-0.2, 0) is 0 Å². The zero-order valence-corrected chi connectivity index (χ0v) is 25.5. The Hall–Kier alpha value is -6.46. The molecule has 5 nitrogen and oxygen atoms in total. The van der Waals surface area contributed by atoms with Gasteiger partial charge in [-0.15, -0.1) is 0 Å². The molecule has 224 valence electrons. The van der Waals surface area contributed by atoms with Gasteiger partial charge in [0, 0.05) is 28.7 Å². The molecule has 0 atom stereocenters. The van der Waals surface area contributed by atoms with Crippen LogP contribution in [0.3, 0.4) is 0 Å². The minimum atomic E-state index is 0.179. The molecule has 47 heavy (non-hydrogen) atoms. The van der Waals surface area contributed by atoms with Gasteiger partial charge in [-0.2, -0.15) is 0 Å². The van der Waals surface area contributed by atoms with E-state index >= 15 is 0 Å². The van der Waals surface area contributed by atoms with Crippen molar-refractivity contribution in [1.29, 1.82) is 0 Å². The fourth-order valence-corrected chi connectivity index (χ4v) is 6.24. The standard InChI is InChI=1S/C42H30N4O/c47-39-26-10-8-22-36(39)42-44-41-35(23-14-25-38(41)46(42)37-24-9-7-21-34(37)30-15-3-1-4-16-30)31-17-13-20-33(29-31)45(32-18-5-2-6-19-32)40-27-11-12-28-43-40/h1-29,47H. The molecule has 2 aromatic heterocycles. The maximum atomic E-state index is 11.1. The molecule has 5 heteroatoms. The third-order valence-electron chi connectivity index (χ3n) is 8.37. The second-order valence-electron chi connectivity index (χ2n) is 11.3. The molecule has 0 unspecified atom stereocenters. The van der Waals surface area contributed by atoms with E-state index in [2.05, 4.69) is 107 Å². The number of phenolic OH excluding ortho intramolecular Hbond substituents is 1. The molecule has 0 bridgehead atoms. The van der Waals surface area contributed by atoms with Gasteiger partial charge < -0.3 is 5.11 Å². The van der Waals surface area contributed by atoms with Gasteiger partial charge in [0.1, 0.15) is 17.4 Å². The van der Waals surface area contributed by atoms with Crippen LogP contribution in [0.4, 0.5) is 17.2 Å². The van der Waals surface area contributed by atoms with Crippen LogP contribution >= 0.6 is 0 Å². The molecule has 2 heterocycles. The fourth-order valence-electron chi connectivity index (χ4n) is 6.24. The second kappa shape index (κ2) is 12.1. The molecule has 8 aromatic rings. The smallest absolute Gasteiger partial charge is 0.149 e. The van der Waals surface area contributed by atoms with E-state index in [1.807, 2.05) is 72.9 Å². The number of phenols is 1. The highest BCUT2D eigenvalue weighted by atomic mass is 16.3. The zero-order chi connectivity index (χ0) is 31.6. The summed E-state index contributed by atoms with van der Waals surface area (Å²) in [6, 6.07) is 57.1. The minimum Gasteiger partial charge on any atom is -0.507 e. The average molecular weight is 607 g/mol. The number of hydrogen-bond acceptors (Lipinski definition) is 4. The number of benzene rings is 6. The van der Waals surface area contributed by atoms with Gasteiger partial charge in [-0.25, -0.2) is 9.97 Å². The fraction of sp³-hybridized carbons (Fsp3) is 0. The number of rotatable bonds is 7. The third-order valence-corrected chi connectivity index (χ3v) is 8.37. The number of hydrogen-bond donors (Lipinski definition) is 1. The molecule has 0 fully saturated rings.